The molecular weight excluding hydrogens is 296 g/mol. The van der Waals surface area contributed by atoms with E-state index in [4.69, 9.17) is 9.15 Å². The van der Waals surface area contributed by atoms with E-state index < -0.39 is 6.10 Å². The average molecular weight is 322 g/mol. The van der Waals surface area contributed by atoms with E-state index in [0.717, 1.165) is 12.8 Å². The van der Waals surface area contributed by atoms with Crippen LogP contribution in [0, 0.1) is 0 Å². The van der Waals surface area contributed by atoms with Crippen LogP contribution in [-0.4, -0.2) is 47.9 Å². The molecule has 6 nitrogen and oxygen atoms in total. The number of amides is 2. The van der Waals surface area contributed by atoms with E-state index in [9.17, 15) is 9.90 Å². The number of urea groups is 1. The molecule has 2 unspecified atom stereocenters. The summed E-state index contributed by atoms with van der Waals surface area (Å²) in [6, 6.07) is 3.63. The van der Waals surface area contributed by atoms with E-state index in [2.05, 4.69) is 5.32 Å². The van der Waals surface area contributed by atoms with E-state index in [-0.39, 0.29) is 18.1 Å². The van der Waals surface area contributed by atoms with Crippen molar-refractivity contribution in [3.63, 3.8) is 0 Å². The topological polar surface area (TPSA) is 74.9 Å². The molecule has 128 valence electrons. The molecule has 2 N–H and O–H groups in total. The molecule has 23 heavy (non-hydrogen) atoms. The van der Waals surface area contributed by atoms with E-state index in [1.807, 2.05) is 4.90 Å². The Bertz CT molecular complexity index is 485. The maximum Gasteiger partial charge on any atom is 0.318 e. The van der Waals surface area contributed by atoms with Crippen LogP contribution in [0.25, 0.3) is 0 Å². The first-order chi connectivity index (χ1) is 11.2. The highest BCUT2D eigenvalue weighted by Crippen LogP contribution is 2.24. The molecule has 2 heterocycles. The summed E-state index contributed by atoms with van der Waals surface area (Å²) in [5.74, 6) is 0.531. The van der Waals surface area contributed by atoms with Crippen LogP contribution in [0.1, 0.15) is 50.4 Å². The minimum atomic E-state index is -0.721. The Labute approximate surface area is 136 Å². The van der Waals surface area contributed by atoms with Gasteiger partial charge in [0.25, 0.3) is 0 Å². The Morgan fingerprint density at radius 2 is 2.22 bits per heavy atom. The molecule has 2 amide bonds. The number of ether oxygens (including phenoxy) is 1. The highest BCUT2D eigenvalue weighted by atomic mass is 16.5. The zero-order valence-corrected chi connectivity index (χ0v) is 13.4. The van der Waals surface area contributed by atoms with Crippen molar-refractivity contribution in [2.75, 3.05) is 19.8 Å². The minimum absolute atomic E-state index is 0.0307. The lowest BCUT2D eigenvalue weighted by molar-refractivity contribution is -0.0103. The second-order valence-electron chi connectivity index (χ2n) is 6.47. The number of carbonyl (C=O) groups excluding carboxylic acids is 1. The smallest absolute Gasteiger partial charge is 0.318 e. The number of rotatable bonds is 4. The molecule has 1 saturated carbocycles. The third-order valence-corrected chi connectivity index (χ3v) is 4.79. The van der Waals surface area contributed by atoms with Crippen molar-refractivity contribution in [3.05, 3.63) is 24.2 Å². The third-order valence-electron chi connectivity index (χ3n) is 4.79. The van der Waals surface area contributed by atoms with Crippen molar-refractivity contribution in [1.29, 1.82) is 0 Å². The number of morpholine rings is 1. The van der Waals surface area contributed by atoms with Crippen LogP contribution < -0.4 is 5.32 Å². The molecule has 3 rings (SSSR count). The maximum atomic E-state index is 12.6. The van der Waals surface area contributed by atoms with Gasteiger partial charge in [-0.25, -0.2) is 4.79 Å². The van der Waals surface area contributed by atoms with Crippen molar-refractivity contribution < 1.29 is 19.1 Å². The Balaban J connectivity index is 1.57. The molecule has 0 spiro atoms. The van der Waals surface area contributed by atoms with Gasteiger partial charge in [-0.05, 0) is 25.0 Å². The first kappa shape index (κ1) is 16.3. The number of nitrogens with zero attached hydrogens (tertiary/aromatic N) is 1. The summed E-state index contributed by atoms with van der Waals surface area (Å²) in [7, 11) is 0. The predicted molar refractivity (Wildman–Crippen MR) is 85.0 cm³/mol. The van der Waals surface area contributed by atoms with Crippen LogP contribution in [0.2, 0.25) is 0 Å². The van der Waals surface area contributed by atoms with E-state index in [1.165, 1.54) is 19.3 Å². The molecular formula is C17H26N2O4. The fraction of sp³-hybridized carbons (Fsp3) is 0.706. The van der Waals surface area contributed by atoms with Gasteiger partial charge >= 0.3 is 6.03 Å². The Hall–Kier alpha value is -1.53. The SMILES string of the molecule is O=C(NC1CCCCC1)N1CCOCC1CC(O)c1ccco1. The summed E-state index contributed by atoms with van der Waals surface area (Å²) in [4.78, 5) is 14.4. The fourth-order valence-electron chi connectivity index (χ4n) is 3.48. The molecule has 1 aliphatic heterocycles. The van der Waals surface area contributed by atoms with E-state index in [1.54, 1.807) is 18.4 Å². The number of furan rings is 1. The van der Waals surface area contributed by atoms with Crippen LogP contribution in [-0.2, 0) is 4.74 Å². The van der Waals surface area contributed by atoms with Gasteiger partial charge in [0.2, 0.25) is 0 Å². The van der Waals surface area contributed by atoms with Gasteiger partial charge in [-0.15, -0.1) is 0 Å². The highest BCUT2D eigenvalue weighted by molar-refractivity contribution is 5.75. The van der Waals surface area contributed by atoms with Crippen LogP contribution in [0.4, 0.5) is 4.79 Å². The number of hydrogen-bond donors (Lipinski definition) is 2. The maximum absolute atomic E-state index is 12.6. The molecule has 0 aromatic carbocycles. The zero-order chi connectivity index (χ0) is 16.1. The zero-order valence-electron chi connectivity index (χ0n) is 13.4. The molecule has 1 aliphatic carbocycles. The molecule has 1 aromatic rings. The number of hydrogen-bond acceptors (Lipinski definition) is 4. The van der Waals surface area contributed by atoms with Gasteiger partial charge in [0, 0.05) is 19.0 Å². The van der Waals surface area contributed by atoms with E-state index in [0.29, 0.717) is 31.9 Å². The number of nitrogens with one attached hydrogen (secondary N) is 1. The Kier molecular flexibility index (Phi) is 5.56. The monoisotopic (exact) mass is 322 g/mol. The normalized spacial score (nSPS) is 24.4. The lowest BCUT2D eigenvalue weighted by Crippen LogP contribution is -2.54. The molecule has 2 aliphatic rings. The van der Waals surface area contributed by atoms with Crippen LogP contribution in [0.5, 0.6) is 0 Å². The quantitative estimate of drug-likeness (QED) is 0.893. The second-order valence-corrected chi connectivity index (χ2v) is 6.47. The highest BCUT2D eigenvalue weighted by Gasteiger charge is 2.31. The first-order valence-electron chi connectivity index (χ1n) is 8.60. The van der Waals surface area contributed by atoms with Gasteiger partial charge in [-0.3, -0.25) is 0 Å². The summed E-state index contributed by atoms with van der Waals surface area (Å²) in [6.07, 6.45) is 7.02. The third kappa shape index (κ3) is 4.26. The van der Waals surface area contributed by atoms with Crippen molar-refractivity contribution in [2.24, 2.45) is 0 Å². The van der Waals surface area contributed by atoms with Crippen LogP contribution in [0.15, 0.2) is 22.8 Å². The largest absolute Gasteiger partial charge is 0.467 e. The average Bonchev–Trinajstić information content (AvgIpc) is 3.11. The summed E-state index contributed by atoms with van der Waals surface area (Å²) in [5, 5.41) is 13.4. The van der Waals surface area contributed by atoms with Gasteiger partial charge < -0.3 is 24.5 Å². The minimum Gasteiger partial charge on any atom is -0.467 e. The van der Waals surface area contributed by atoms with E-state index >= 15 is 0 Å². The van der Waals surface area contributed by atoms with Crippen LogP contribution in [0.3, 0.4) is 0 Å². The number of carbonyl (C=O) groups is 1. The van der Waals surface area contributed by atoms with Crippen LogP contribution >= 0.6 is 0 Å². The van der Waals surface area contributed by atoms with Gasteiger partial charge in [0.1, 0.15) is 11.9 Å². The summed E-state index contributed by atoms with van der Waals surface area (Å²) >= 11 is 0. The van der Waals surface area contributed by atoms with Crippen molar-refractivity contribution in [3.8, 4) is 0 Å². The van der Waals surface area contributed by atoms with Gasteiger partial charge in [0.15, 0.2) is 0 Å². The van der Waals surface area contributed by atoms with Gasteiger partial charge in [0.05, 0.1) is 25.5 Å². The standard InChI is InChI=1S/C17H26N2O4/c20-15(16-7-4-9-23-16)11-14-12-22-10-8-19(14)17(21)18-13-5-2-1-3-6-13/h4,7,9,13-15,20H,1-3,5-6,8,10-12H2,(H,18,21). The van der Waals surface area contributed by atoms with Crippen molar-refractivity contribution in [2.45, 2.75) is 56.7 Å². The summed E-state index contributed by atoms with van der Waals surface area (Å²) in [6.45, 7) is 1.56. The second kappa shape index (κ2) is 7.84. The Morgan fingerprint density at radius 1 is 1.39 bits per heavy atom. The molecule has 0 radical (unpaired) electrons. The summed E-state index contributed by atoms with van der Waals surface area (Å²) in [5.41, 5.74) is 0. The van der Waals surface area contributed by atoms with Crippen molar-refractivity contribution >= 4 is 6.03 Å². The fourth-order valence-corrected chi connectivity index (χ4v) is 3.48. The van der Waals surface area contributed by atoms with Crippen molar-refractivity contribution in [1.82, 2.24) is 10.2 Å². The van der Waals surface area contributed by atoms with Gasteiger partial charge in [-0.2, -0.15) is 0 Å². The molecule has 2 fully saturated rings. The molecule has 2 atom stereocenters. The first-order valence-corrected chi connectivity index (χ1v) is 8.60. The molecule has 0 bridgehead atoms. The lowest BCUT2D eigenvalue weighted by Gasteiger charge is -2.37. The summed E-state index contributed by atoms with van der Waals surface area (Å²) < 4.78 is 10.8. The molecule has 1 saturated heterocycles. The van der Waals surface area contributed by atoms with Gasteiger partial charge in [-0.1, -0.05) is 19.3 Å². The number of aliphatic hydroxyl groups is 1. The Morgan fingerprint density at radius 3 is 2.96 bits per heavy atom. The molecule has 6 heteroatoms. The predicted octanol–water partition coefficient (Wildman–Crippen LogP) is 2.45. The molecule has 1 aromatic heterocycles. The number of aliphatic hydroxyl groups excluding tert-OH is 1. The lowest BCUT2D eigenvalue weighted by atomic mass is 9.95.